The van der Waals surface area contributed by atoms with Gasteiger partial charge in [0.15, 0.2) is 0 Å². The summed E-state index contributed by atoms with van der Waals surface area (Å²) < 4.78 is 32.1. The van der Waals surface area contributed by atoms with Gasteiger partial charge in [-0.3, -0.25) is 0 Å². The number of unbranched alkanes of at least 4 members (excludes halogenated alkanes) is 1. The molecular weight excluding hydrogens is 448 g/mol. The molecule has 0 unspecified atom stereocenters. The fourth-order valence-corrected chi connectivity index (χ4v) is 5.83. The van der Waals surface area contributed by atoms with Crippen molar-refractivity contribution >= 4 is 27.3 Å². The molecule has 0 aliphatic carbocycles. The number of nitrogens with zero attached hydrogens (tertiary/aromatic N) is 3. The molecule has 3 aromatic rings. The van der Waals surface area contributed by atoms with Crippen molar-refractivity contribution in [3.63, 3.8) is 0 Å². The summed E-state index contributed by atoms with van der Waals surface area (Å²) in [6, 6.07) is 7.34. The average Bonchev–Trinajstić information content (AvgIpc) is 3.36. The van der Waals surface area contributed by atoms with E-state index in [1.807, 2.05) is 32.9 Å². The number of carbonyl (C=O) groups is 1. The van der Waals surface area contributed by atoms with Crippen LogP contribution in [-0.2, 0) is 27.7 Å². The Balaban J connectivity index is 2.08. The lowest BCUT2D eigenvalue weighted by atomic mass is 9.98. The molecule has 0 aliphatic rings. The molecule has 0 saturated heterocycles. The number of hydrogen-bond acceptors (Lipinski definition) is 7. The zero-order chi connectivity index (χ0) is 23.3. The van der Waals surface area contributed by atoms with Crippen molar-refractivity contribution in [3.05, 3.63) is 52.9 Å². The fraction of sp³-hybridized carbons (Fsp3) is 0.409. The number of hydrogen-bond donors (Lipinski definition) is 1. The minimum absolute atomic E-state index is 0.0142. The number of benzene rings is 1. The number of sulfonamides is 1. The minimum atomic E-state index is -4.04. The largest absolute Gasteiger partial charge is 0.462 e. The van der Waals surface area contributed by atoms with Crippen molar-refractivity contribution in [1.29, 1.82) is 0 Å². The summed E-state index contributed by atoms with van der Waals surface area (Å²) in [5, 5.41) is 9.65. The van der Waals surface area contributed by atoms with Crippen molar-refractivity contribution in [2.75, 3.05) is 6.61 Å². The molecule has 32 heavy (non-hydrogen) atoms. The summed E-state index contributed by atoms with van der Waals surface area (Å²) >= 11 is 1.06. The van der Waals surface area contributed by atoms with Crippen LogP contribution in [0.15, 0.2) is 41.1 Å². The first-order valence-electron chi connectivity index (χ1n) is 10.5. The van der Waals surface area contributed by atoms with Crippen molar-refractivity contribution in [3.8, 4) is 11.1 Å². The zero-order valence-electron chi connectivity index (χ0n) is 18.4. The number of thiophene rings is 1. The van der Waals surface area contributed by atoms with Crippen LogP contribution in [0, 0.1) is 5.92 Å². The molecule has 0 fully saturated rings. The van der Waals surface area contributed by atoms with Crippen LogP contribution in [0.1, 0.15) is 54.4 Å². The minimum Gasteiger partial charge on any atom is -0.462 e. The lowest BCUT2D eigenvalue weighted by molar-refractivity contribution is 0.0500. The van der Waals surface area contributed by atoms with Gasteiger partial charge in [-0.1, -0.05) is 51.5 Å². The Kier molecular flexibility index (Phi) is 7.81. The highest BCUT2D eigenvalue weighted by molar-refractivity contribution is 7.91. The molecule has 3 rings (SSSR count). The van der Waals surface area contributed by atoms with Gasteiger partial charge in [0.1, 0.15) is 16.9 Å². The lowest BCUT2D eigenvalue weighted by Crippen LogP contribution is -2.13. The molecule has 1 aromatic carbocycles. The van der Waals surface area contributed by atoms with Crippen molar-refractivity contribution in [1.82, 2.24) is 14.8 Å². The molecule has 2 aromatic heterocycles. The summed E-state index contributed by atoms with van der Waals surface area (Å²) in [7, 11) is -4.04. The molecule has 0 amide bonds. The van der Waals surface area contributed by atoms with Gasteiger partial charge >= 0.3 is 5.97 Å². The lowest BCUT2D eigenvalue weighted by Gasteiger charge is -2.11. The summed E-state index contributed by atoms with van der Waals surface area (Å²) in [5.74, 6) is -0.288. The maximum absolute atomic E-state index is 13.1. The fourth-order valence-electron chi connectivity index (χ4n) is 3.31. The normalized spacial score (nSPS) is 11.8. The molecular formula is C22H28N4O4S2. The number of esters is 1. The first kappa shape index (κ1) is 24.1. The highest BCUT2D eigenvalue weighted by atomic mass is 32.2. The second-order valence-electron chi connectivity index (χ2n) is 7.99. The van der Waals surface area contributed by atoms with E-state index in [0.717, 1.165) is 29.7 Å². The van der Waals surface area contributed by atoms with E-state index in [2.05, 4.69) is 10.1 Å². The van der Waals surface area contributed by atoms with Crippen LogP contribution < -0.4 is 5.14 Å². The molecule has 2 N–H and O–H groups in total. The number of carbonyl (C=O) groups excluding carboxylic acids is 1. The first-order chi connectivity index (χ1) is 15.2. The molecule has 0 atom stereocenters. The molecule has 8 nitrogen and oxygen atoms in total. The van der Waals surface area contributed by atoms with Crippen LogP contribution in [0.3, 0.4) is 0 Å². The van der Waals surface area contributed by atoms with Crippen molar-refractivity contribution < 1.29 is 17.9 Å². The Morgan fingerprint density at radius 2 is 1.97 bits per heavy atom. The first-order valence-corrected chi connectivity index (χ1v) is 12.8. The molecule has 0 bridgehead atoms. The topological polar surface area (TPSA) is 117 Å². The van der Waals surface area contributed by atoms with Crippen LogP contribution in [-0.4, -0.2) is 35.8 Å². The number of aromatic nitrogens is 3. The van der Waals surface area contributed by atoms with E-state index in [1.165, 1.54) is 6.33 Å². The SMILES string of the molecule is CCCCOC(=O)c1c(CC(C)C)sc(S(N)(=O)=O)c1-c1ccc(Cn2cncn2)cc1. The molecule has 0 radical (unpaired) electrons. The maximum atomic E-state index is 13.1. The number of nitrogens with two attached hydrogens (primary N) is 1. The predicted molar refractivity (Wildman–Crippen MR) is 124 cm³/mol. The third kappa shape index (κ3) is 5.81. The average molecular weight is 477 g/mol. The van der Waals surface area contributed by atoms with Gasteiger partial charge < -0.3 is 4.74 Å². The monoisotopic (exact) mass is 476 g/mol. The van der Waals surface area contributed by atoms with Crippen LogP contribution >= 0.6 is 11.3 Å². The number of rotatable bonds is 10. The Morgan fingerprint density at radius 3 is 2.53 bits per heavy atom. The quantitative estimate of drug-likeness (QED) is 0.351. The van der Waals surface area contributed by atoms with E-state index in [4.69, 9.17) is 9.88 Å². The Bertz CT molecular complexity index is 1150. The van der Waals surface area contributed by atoms with Gasteiger partial charge in [0.2, 0.25) is 10.0 Å². The third-order valence-electron chi connectivity index (χ3n) is 4.79. The maximum Gasteiger partial charge on any atom is 0.339 e. The van der Waals surface area contributed by atoms with Gasteiger partial charge in [0.25, 0.3) is 0 Å². The summed E-state index contributed by atoms with van der Waals surface area (Å²) in [4.78, 5) is 17.7. The highest BCUT2D eigenvalue weighted by Gasteiger charge is 2.30. The molecule has 172 valence electrons. The van der Waals surface area contributed by atoms with Crippen LogP contribution in [0.4, 0.5) is 0 Å². The zero-order valence-corrected chi connectivity index (χ0v) is 20.1. The van der Waals surface area contributed by atoms with E-state index < -0.39 is 16.0 Å². The molecule has 0 aliphatic heterocycles. The molecule has 10 heteroatoms. The Morgan fingerprint density at radius 1 is 1.25 bits per heavy atom. The van der Waals surface area contributed by atoms with Crippen molar-refractivity contribution in [2.24, 2.45) is 11.1 Å². The van der Waals surface area contributed by atoms with Gasteiger partial charge in [0.05, 0.1) is 18.7 Å². The van der Waals surface area contributed by atoms with Crippen LogP contribution in [0.25, 0.3) is 11.1 Å². The van der Waals surface area contributed by atoms with Crippen LogP contribution in [0.2, 0.25) is 0 Å². The Labute approximate surface area is 192 Å². The standard InChI is InChI=1S/C22H28N4O4S2/c1-4-5-10-30-21(27)20-18(11-15(2)3)31-22(32(23,28)29)19(20)17-8-6-16(7-9-17)12-26-14-24-13-25-26/h6-9,13-15H,4-5,10-12H2,1-3H3,(H2,23,28,29). The van der Waals surface area contributed by atoms with Gasteiger partial charge in [0, 0.05) is 10.4 Å². The van der Waals surface area contributed by atoms with Gasteiger partial charge in [-0.05, 0) is 29.9 Å². The second kappa shape index (κ2) is 10.4. The summed E-state index contributed by atoms with van der Waals surface area (Å²) in [6.07, 6.45) is 5.26. The van der Waals surface area contributed by atoms with Crippen LogP contribution in [0.5, 0.6) is 0 Å². The summed E-state index contributed by atoms with van der Waals surface area (Å²) in [5.41, 5.74) is 2.18. The van der Waals surface area contributed by atoms with E-state index in [9.17, 15) is 13.2 Å². The van der Waals surface area contributed by atoms with E-state index in [1.54, 1.807) is 23.1 Å². The number of ether oxygens (including phenoxy) is 1. The predicted octanol–water partition coefficient (Wildman–Crippen LogP) is 3.86. The summed E-state index contributed by atoms with van der Waals surface area (Å²) in [6.45, 7) is 6.85. The van der Waals surface area contributed by atoms with E-state index >= 15 is 0 Å². The third-order valence-corrected chi connectivity index (χ3v) is 7.46. The van der Waals surface area contributed by atoms with E-state index in [0.29, 0.717) is 34.5 Å². The van der Waals surface area contributed by atoms with E-state index in [-0.39, 0.29) is 16.7 Å². The molecule has 0 saturated carbocycles. The Hall–Kier alpha value is -2.56. The second-order valence-corrected chi connectivity index (χ2v) is 10.8. The molecule has 2 heterocycles. The van der Waals surface area contributed by atoms with Gasteiger partial charge in [-0.15, -0.1) is 11.3 Å². The van der Waals surface area contributed by atoms with Crippen molar-refractivity contribution in [2.45, 2.75) is 50.8 Å². The van der Waals surface area contributed by atoms with Gasteiger partial charge in [-0.25, -0.2) is 28.0 Å². The van der Waals surface area contributed by atoms with Gasteiger partial charge in [-0.2, -0.15) is 5.10 Å². The molecule has 0 spiro atoms. The number of primary sulfonamides is 1. The highest BCUT2D eigenvalue weighted by Crippen LogP contribution is 2.41. The smallest absolute Gasteiger partial charge is 0.339 e.